The summed E-state index contributed by atoms with van der Waals surface area (Å²) in [5.74, 6) is -0.461. The molecule has 2 N–H and O–H groups in total. The number of ether oxygens (including phenoxy) is 1. The minimum absolute atomic E-state index is 0.0429. The first-order chi connectivity index (χ1) is 8.29. The molecule has 7 nitrogen and oxygen atoms in total. The van der Waals surface area contributed by atoms with Crippen molar-refractivity contribution in [2.75, 3.05) is 12.4 Å². The highest BCUT2D eigenvalue weighted by Crippen LogP contribution is 2.26. The number of nitro benzene ring substituents is 1. The molecule has 0 radical (unpaired) electrons. The van der Waals surface area contributed by atoms with Crippen LogP contribution in [0.3, 0.4) is 0 Å². The molecule has 0 saturated heterocycles. The van der Waals surface area contributed by atoms with Crippen molar-refractivity contribution in [3.05, 3.63) is 34.4 Å². The van der Waals surface area contributed by atoms with Crippen molar-refractivity contribution in [3.8, 4) is 5.75 Å². The van der Waals surface area contributed by atoms with Gasteiger partial charge in [0.05, 0.1) is 17.3 Å². The van der Waals surface area contributed by atoms with Crippen LogP contribution in [0.15, 0.2) is 24.3 Å². The number of nitrogens with zero attached hydrogens (tertiary/aromatic N) is 1. The number of hydrogen-bond acceptors (Lipinski definition) is 5. The Kier molecular flexibility index (Phi) is 4.62. The molecule has 1 rings (SSSR count). The highest BCUT2D eigenvalue weighted by Gasteiger charge is 2.16. The third-order valence-corrected chi connectivity index (χ3v) is 3.14. The average Bonchev–Trinajstić information content (AvgIpc) is 2.24. The molecule has 0 fully saturated rings. The van der Waals surface area contributed by atoms with Gasteiger partial charge in [-0.3, -0.25) is 10.1 Å². The van der Waals surface area contributed by atoms with Gasteiger partial charge >= 0.3 is 5.69 Å². The van der Waals surface area contributed by atoms with Gasteiger partial charge in [-0.15, -0.1) is 0 Å². The van der Waals surface area contributed by atoms with E-state index in [1.54, 1.807) is 13.0 Å². The summed E-state index contributed by atoms with van der Waals surface area (Å²) in [5.41, 5.74) is -0.152. The molecule has 1 aromatic rings. The summed E-state index contributed by atoms with van der Waals surface area (Å²) in [6.07, 6.45) is 0. The van der Waals surface area contributed by atoms with Crippen LogP contribution in [0.25, 0.3) is 0 Å². The van der Waals surface area contributed by atoms with Gasteiger partial charge in [-0.25, -0.2) is 13.6 Å². The minimum atomic E-state index is -3.57. The van der Waals surface area contributed by atoms with Crippen LogP contribution in [0.5, 0.6) is 5.75 Å². The van der Waals surface area contributed by atoms with E-state index in [0.29, 0.717) is 0 Å². The topological polar surface area (TPSA) is 113 Å². The second-order valence-corrected chi connectivity index (χ2v) is 5.63. The molecule has 0 saturated carbocycles. The van der Waals surface area contributed by atoms with Gasteiger partial charge in [0.2, 0.25) is 10.0 Å². The van der Waals surface area contributed by atoms with E-state index in [2.05, 4.69) is 0 Å². The molecule has 0 aliphatic heterocycles. The zero-order chi connectivity index (χ0) is 13.8. The van der Waals surface area contributed by atoms with Crippen molar-refractivity contribution in [1.82, 2.24) is 0 Å². The maximum atomic E-state index is 10.8. The van der Waals surface area contributed by atoms with Crippen molar-refractivity contribution < 1.29 is 18.1 Å². The molecule has 8 heteroatoms. The first-order valence-electron chi connectivity index (χ1n) is 5.16. The van der Waals surface area contributed by atoms with Crippen LogP contribution in [-0.2, 0) is 10.0 Å². The molecular weight excluding hydrogens is 260 g/mol. The summed E-state index contributed by atoms with van der Waals surface area (Å²) in [6, 6.07) is 5.91. The Morgan fingerprint density at radius 1 is 1.44 bits per heavy atom. The Labute approximate surface area is 105 Å². The van der Waals surface area contributed by atoms with Gasteiger partial charge < -0.3 is 4.74 Å². The fourth-order valence-corrected chi connectivity index (χ4v) is 2.30. The predicted octanol–water partition coefficient (Wildman–Crippen LogP) is 0.898. The highest BCUT2D eigenvalue weighted by atomic mass is 32.2. The van der Waals surface area contributed by atoms with Gasteiger partial charge in [-0.2, -0.15) is 0 Å². The zero-order valence-electron chi connectivity index (χ0n) is 9.78. The number of sulfonamides is 1. The van der Waals surface area contributed by atoms with Gasteiger partial charge in [-0.1, -0.05) is 19.1 Å². The summed E-state index contributed by atoms with van der Waals surface area (Å²) in [7, 11) is -3.57. The minimum Gasteiger partial charge on any atom is -0.486 e. The van der Waals surface area contributed by atoms with Crippen LogP contribution in [-0.4, -0.2) is 25.7 Å². The van der Waals surface area contributed by atoms with Crippen molar-refractivity contribution >= 4 is 15.7 Å². The first-order valence-corrected chi connectivity index (χ1v) is 6.88. The lowest BCUT2D eigenvalue weighted by Crippen LogP contribution is -2.25. The quantitative estimate of drug-likeness (QED) is 0.611. The number of nitrogens with two attached hydrogens (primary N) is 1. The summed E-state index contributed by atoms with van der Waals surface area (Å²) in [5, 5.41) is 15.6. The summed E-state index contributed by atoms with van der Waals surface area (Å²) in [4.78, 5) is 10.1. The van der Waals surface area contributed by atoms with Crippen LogP contribution in [0.1, 0.15) is 6.92 Å². The van der Waals surface area contributed by atoms with Crippen LogP contribution in [0.4, 0.5) is 5.69 Å². The van der Waals surface area contributed by atoms with E-state index in [9.17, 15) is 18.5 Å². The molecule has 0 aliphatic carbocycles. The maximum absolute atomic E-state index is 10.8. The van der Waals surface area contributed by atoms with E-state index in [1.807, 2.05) is 0 Å². The van der Waals surface area contributed by atoms with E-state index >= 15 is 0 Å². The van der Waals surface area contributed by atoms with Gasteiger partial charge in [0.15, 0.2) is 5.75 Å². The maximum Gasteiger partial charge on any atom is 0.310 e. The van der Waals surface area contributed by atoms with Gasteiger partial charge in [0.1, 0.15) is 0 Å². The standard InChI is InChI=1S/C10H14N2O5S/c1-8(7-18(11,15)16)6-17-10-5-3-2-4-9(10)12(13)14/h2-5,8H,6-7H2,1H3,(H2,11,15,16). The molecule has 1 atom stereocenters. The Hall–Kier alpha value is -1.67. The molecular formula is C10H14N2O5S. The zero-order valence-corrected chi connectivity index (χ0v) is 10.6. The van der Waals surface area contributed by atoms with Gasteiger partial charge in [0.25, 0.3) is 0 Å². The molecule has 1 unspecified atom stereocenters. The van der Waals surface area contributed by atoms with Crippen molar-refractivity contribution in [1.29, 1.82) is 0 Å². The van der Waals surface area contributed by atoms with E-state index < -0.39 is 14.9 Å². The highest BCUT2D eigenvalue weighted by molar-refractivity contribution is 7.89. The fraction of sp³-hybridized carbons (Fsp3) is 0.400. The normalized spacial score (nSPS) is 13.0. The fourth-order valence-electron chi connectivity index (χ4n) is 1.41. The van der Waals surface area contributed by atoms with Crippen LogP contribution in [0, 0.1) is 16.0 Å². The Morgan fingerprint density at radius 2 is 2.06 bits per heavy atom. The van der Waals surface area contributed by atoms with Crippen LogP contribution < -0.4 is 9.88 Å². The molecule has 100 valence electrons. The molecule has 0 bridgehead atoms. The third kappa shape index (κ3) is 4.68. The van der Waals surface area contributed by atoms with Crippen molar-refractivity contribution in [2.24, 2.45) is 11.1 Å². The lowest BCUT2D eigenvalue weighted by molar-refractivity contribution is -0.385. The second-order valence-electron chi connectivity index (χ2n) is 3.97. The molecule has 0 heterocycles. The van der Waals surface area contributed by atoms with Gasteiger partial charge in [-0.05, 0) is 6.07 Å². The van der Waals surface area contributed by atoms with Crippen LogP contribution >= 0.6 is 0 Å². The molecule has 1 aromatic carbocycles. The average molecular weight is 274 g/mol. The van der Waals surface area contributed by atoms with E-state index in [0.717, 1.165) is 0 Å². The van der Waals surface area contributed by atoms with Crippen molar-refractivity contribution in [3.63, 3.8) is 0 Å². The van der Waals surface area contributed by atoms with E-state index in [1.165, 1.54) is 18.2 Å². The van der Waals surface area contributed by atoms with Crippen molar-refractivity contribution in [2.45, 2.75) is 6.92 Å². The Bertz CT molecular complexity index is 529. The molecule has 18 heavy (non-hydrogen) atoms. The second kappa shape index (κ2) is 5.78. The SMILES string of the molecule is CC(COc1ccccc1[N+](=O)[O-])CS(N)(=O)=O. The third-order valence-electron chi connectivity index (χ3n) is 2.10. The number of hydrogen-bond donors (Lipinski definition) is 1. The molecule has 0 amide bonds. The summed E-state index contributed by atoms with van der Waals surface area (Å²) in [6.45, 7) is 1.68. The molecule has 0 aliphatic rings. The number of rotatable bonds is 6. The summed E-state index contributed by atoms with van der Waals surface area (Å²) < 4.78 is 26.9. The summed E-state index contributed by atoms with van der Waals surface area (Å²) >= 11 is 0. The Morgan fingerprint density at radius 3 is 2.61 bits per heavy atom. The lowest BCUT2D eigenvalue weighted by atomic mass is 10.2. The largest absolute Gasteiger partial charge is 0.486 e. The first kappa shape index (κ1) is 14.4. The predicted molar refractivity (Wildman–Crippen MR) is 65.7 cm³/mol. The van der Waals surface area contributed by atoms with Gasteiger partial charge in [0, 0.05) is 12.0 Å². The smallest absolute Gasteiger partial charge is 0.310 e. The van der Waals surface area contributed by atoms with Crippen LogP contribution in [0.2, 0.25) is 0 Å². The Balaban J connectivity index is 2.67. The molecule has 0 aromatic heterocycles. The number of primary sulfonamides is 1. The number of para-hydroxylation sites is 2. The number of benzene rings is 1. The molecule has 0 spiro atoms. The monoisotopic (exact) mass is 274 g/mol. The number of nitro groups is 1. The van der Waals surface area contributed by atoms with E-state index in [4.69, 9.17) is 9.88 Å². The lowest BCUT2D eigenvalue weighted by Gasteiger charge is -2.11. The van der Waals surface area contributed by atoms with E-state index in [-0.39, 0.29) is 29.7 Å².